The first-order valence-corrected chi connectivity index (χ1v) is 9.64. The molecule has 0 atom stereocenters. The Kier molecular flexibility index (Phi) is 5.07. The normalized spacial score (nSPS) is 11.4. The Balaban J connectivity index is 1.76. The van der Waals surface area contributed by atoms with Gasteiger partial charge in [-0.25, -0.2) is 4.98 Å². The molecule has 0 saturated heterocycles. The third kappa shape index (κ3) is 3.75. The quantitative estimate of drug-likeness (QED) is 0.511. The summed E-state index contributed by atoms with van der Waals surface area (Å²) in [6.07, 6.45) is 1.94. The molecule has 0 radical (unpaired) electrons. The van der Waals surface area contributed by atoms with Gasteiger partial charge < -0.3 is 10.1 Å². The van der Waals surface area contributed by atoms with Crippen molar-refractivity contribution >= 4 is 22.9 Å². The molecule has 0 unspecified atom stereocenters. The van der Waals surface area contributed by atoms with Crippen LogP contribution in [0.5, 0.6) is 0 Å². The van der Waals surface area contributed by atoms with E-state index < -0.39 is 0 Å². The summed E-state index contributed by atoms with van der Waals surface area (Å²) in [5, 5.41) is 0.763. The zero-order chi connectivity index (χ0) is 19.7. The second-order valence-electron chi connectivity index (χ2n) is 7.22. The number of hydrogen-bond acceptors (Lipinski definition) is 3. The number of imidazole rings is 1. The first-order chi connectivity index (χ1) is 13.5. The predicted octanol–water partition coefficient (Wildman–Crippen LogP) is 5.18. The molecule has 142 valence electrons. The average molecular weight is 391 g/mol. The molecule has 0 fully saturated rings. The van der Waals surface area contributed by atoms with Crippen molar-refractivity contribution in [2.75, 3.05) is 12.8 Å². The Morgan fingerprint density at radius 3 is 2.57 bits per heavy atom. The van der Waals surface area contributed by atoms with E-state index in [-0.39, 0.29) is 0 Å². The average Bonchev–Trinajstić information content (AvgIpc) is 3.02. The summed E-state index contributed by atoms with van der Waals surface area (Å²) in [4.78, 5) is 7.18. The Hall–Kier alpha value is -2.82. The van der Waals surface area contributed by atoms with E-state index in [1.54, 1.807) is 0 Å². The summed E-state index contributed by atoms with van der Waals surface area (Å²) >= 11 is 6.23. The SMILES string of the molecule is Cc1cc(-c2nc3ccc(N)cn3c2CN(C)Cc2ccccc2)ccc1Cl. The van der Waals surface area contributed by atoms with Crippen molar-refractivity contribution in [3.63, 3.8) is 0 Å². The maximum atomic E-state index is 6.23. The van der Waals surface area contributed by atoms with Gasteiger partial charge in [0.15, 0.2) is 0 Å². The monoisotopic (exact) mass is 390 g/mol. The van der Waals surface area contributed by atoms with Crippen molar-refractivity contribution in [2.45, 2.75) is 20.0 Å². The van der Waals surface area contributed by atoms with Crippen LogP contribution in [0.2, 0.25) is 5.02 Å². The van der Waals surface area contributed by atoms with E-state index in [0.29, 0.717) is 0 Å². The minimum absolute atomic E-state index is 0.718. The van der Waals surface area contributed by atoms with Crippen LogP contribution in [0.1, 0.15) is 16.8 Å². The maximum Gasteiger partial charge on any atom is 0.137 e. The van der Waals surface area contributed by atoms with Crippen LogP contribution in [-0.2, 0) is 13.1 Å². The van der Waals surface area contributed by atoms with E-state index in [1.165, 1.54) is 5.56 Å². The standard InChI is InChI=1S/C23H23ClN4/c1-16-12-18(8-10-20(16)24)23-21(28-14-19(25)9-11-22(28)26-23)15-27(2)13-17-6-4-3-5-7-17/h3-12,14H,13,15,25H2,1-2H3. The van der Waals surface area contributed by atoms with Gasteiger partial charge in [-0.15, -0.1) is 0 Å². The van der Waals surface area contributed by atoms with E-state index in [1.807, 2.05) is 43.5 Å². The van der Waals surface area contributed by atoms with E-state index in [0.717, 1.165) is 52.0 Å². The number of aromatic nitrogens is 2. The van der Waals surface area contributed by atoms with E-state index in [4.69, 9.17) is 22.3 Å². The van der Waals surface area contributed by atoms with Gasteiger partial charge in [-0.05, 0) is 49.4 Å². The summed E-state index contributed by atoms with van der Waals surface area (Å²) < 4.78 is 2.09. The molecule has 4 nitrogen and oxygen atoms in total. The molecular formula is C23H23ClN4. The van der Waals surface area contributed by atoms with E-state index >= 15 is 0 Å². The number of rotatable bonds is 5. The topological polar surface area (TPSA) is 46.6 Å². The van der Waals surface area contributed by atoms with Gasteiger partial charge in [0.25, 0.3) is 0 Å². The molecule has 0 aliphatic heterocycles. The number of benzene rings is 2. The number of halogens is 1. The maximum absolute atomic E-state index is 6.23. The van der Waals surface area contributed by atoms with Crippen LogP contribution >= 0.6 is 11.6 Å². The molecule has 2 aromatic carbocycles. The van der Waals surface area contributed by atoms with Gasteiger partial charge >= 0.3 is 0 Å². The number of aryl methyl sites for hydroxylation is 1. The third-order valence-corrected chi connectivity index (χ3v) is 5.31. The molecule has 2 aromatic heterocycles. The number of anilines is 1. The van der Waals surface area contributed by atoms with Crippen LogP contribution in [0.25, 0.3) is 16.9 Å². The summed E-state index contributed by atoms with van der Waals surface area (Å²) in [6.45, 7) is 3.62. The van der Waals surface area contributed by atoms with Crippen LogP contribution in [0.3, 0.4) is 0 Å². The molecule has 0 spiro atoms. The van der Waals surface area contributed by atoms with Gasteiger partial charge in [-0.2, -0.15) is 0 Å². The van der Waals surface area contributed by atoms with Crippen LogP contribution in [0.4, 0.5) is 5.69 Å². The molecule has 5 heteroatoms. The molecule has 0 bridgehead atoms. The molecular weight excluding hydrogens is 368 g/mol. The smallest absolute Gasteiger partial charge is 0.137 e. The summed E-state index contributed by atoms with van der Waals surface area (Å²) in [7, 11) is 2.12. The predicted molar refractivity (Wildman–Crippen MR) is 116 cm³/mol. The lowest BCUT2D eigenvalue weighted by molar-refractivity contribution is 0.314. The summed E-state index contributed by atoms with van der Waals surface area (Å²) in [6, 6.07) is 20.4. The van der Waals surface area contributed by atoms with E-state index in [2.05, 4.69) is 46.7 Å². The molecule has 0 aliphatic rings. The van der Waals surface area contributed by atoms with E-state index in [9.17, 15) is 0 Å². The number of fused-ring (bicyclic) bond motifs is 1. The van der Waals surface area contributed by atoms with Crippen LogP contribution in [0, 0.1) is 6.92 Å². The Morgan fingerprint density at radius 2 is 1.82 bits per heavy atom. The number of nitrogen functional groups attached to an aromatic ring is 1. The van der Waals surface area contributed by atoms with Crippen molar-refractivity contribution in [3.8, 4) is 11.3 Å². The van der Waals surface area contributed by atoms with Crippen LogP contribution in [-0.4, -0.2) is 21.3 Å². The van der Waals surface area contributed by atoms with Gasteiger partial charge in [0, 0.05) is 35.6 Å². The van der Waals surface area contributed by atoms with Gasteiger partial charge in [0.2, 0.25) is 0 Å². The first-order valence-electron chi connectivity index (χ1n) is 9.27. The third-order valence-electron chi connectivity index (χ3n) is 4.89. The van der Waals surface area contributed by atoms with Crippen molar-refractivity contribution in [3.05, 3.63) is 88.7 Å². The first kappa shape index (κ1) is 18.5. The highest BCUT2D eigenvalue weighted by Crippen LogP contribution is 2.29. The van der Waals surface area contributed by atoms with Crippen molar-refractivity contribution in [1.82, 2.24) is 14.3 Å². The lowest BCUT2D eigenvalue weighted by Gasteiger charge is -2.18. The van der Waals surface area contributed by atoms with Gasteiger partial charge in [0.05, 0.1) is 11.4 Å². The molecule has 2 N–H and O–H groups in total. The number of nitrogens with zero attached hydrogens (tertiary/aromatic N) is 3. The van der Waals surface area contributed by atoms with Gasteiger partial charge in [-0.1, -0.05) is 48.0 Å². The van der Waals surface area contributed by atoms with Crippen molar-refractivity contribution in [1.29, 1.82) is 0 Å². The highest BCUT2D eigenvalue weighted by atomic mass is 35.5. The van der Waals surface area contributed by atoms with Gasteiger partial charge in [-0.3, -0.25) is 4.90 Å². The minimum Gasteiger partial charge on any atom is -0.398 e. The lowest BCUT2D eigenvalue weighted by Crippen LogP contribution is -2.18. The van der Waals surface area contributed by atoms with Crippen molar-refractivity contribution in [2.24, 2.45) is 0 Å². The van der Waals surface area contributed by atoms with Crippen LogP contribution in [0.15, 0.2) is 66.9 Å². The molecule has 28 heavy (non-hydrogen) atoms. The summed E-state index contributed by atoms with van der Waals surface area (Å²) in [5.74, 6) is 0. The second kappa shape index (κ2) is 7.66. The molecule has 0 aliphatic carbocycles. The lowest BCUT2D eigenvalue weighted by atomic mass is 10.1. The largest absolute Gasteiger partial charge is 0.398 e. The fourth-order valence-corrected chi connectivity index (χ4v) is 3.61. The molecule has 4 aromatic rings. The Bertz CT molecular complexity index is 1120. The molecule has 4 rings (SSSR count). The zero-order valence-electron chi connectivity index (χ0n) is 16.1. The molecule has 0 amide bonds. The highest BCUT2D eigenvalue weighted by Gasteiger charge is 2.17. The number of pyridine rings is 1. The zero-order valence-corrected chi connectivity index (χ0v) is 16.8. The fraction of sp³-hybridized carbons (Fsp3) is 0.174. The van der Waals surface area contributed by atoms with Gasteiger partial charge in [0.1, 0.15) is 5.65 Å². The Labute approximate surface area is 170 Å². The minimum atomic E-state index is 0.718. The number of nitrogens with two attached hydrogens (primary N) is 1. The molecule has 0 saturated carbocycles. The second-order valence-corrected chi connectivity index (χ2v) is 7.63. The van der Waals surface area contributed by atoms with Crippen molar-refractivity contribution < 1.29 is 0 Å². The fourth-order valence-electron chi connectivity index (χ4n) is 3.49. The molecule has 2 heterocycles. The van der Waals surface area contributed by atoms with Crippen LogP contribution < -0.4 is 5.73 Å². The summed E-state index contributed by atoms with van der Waals surface area (Å²) in [5.41, 5.74) is 13.1. The number of hydrogen-bond donors (Lipinski definition) is 1. The Morgan fingerprint density at radius 1 is 1.04 bits per heavy atom. The highest BCUT2D eigenvalue weighted by molar-refractivity contribution is 6.31.